The summed E-state index contributed by atoms with van der Waals surface area (Å²) in [6, 6.07) is 0. The molecule has 1 radical (unpaired) electrons. The average Bonchev–Trinajstić information content (AvgIpc) is 2.11. The van der Waals surface area contributed by atoms with Gasteiger partial charge in [0.15, 0.2) is 14.1 Å². The minimum Gasteiger partial charge on any atom is -1.00 e. The first-order valence-electron chi connectivity index (χ1n) is 7.26. The van der Waals surface area contributed by atoms with Crippen molar-refractivity contribution in [2.24, 2.45) is 0 Å². The zero-order valence-corrected chi connectivity index (χ0v) is 19.5. The predicted octanol–water partition coefficient (Wildman–Crippen LogP) is 1.14. The fraction of sp³-hybridized carbons (Fsp3) is 0.933. The zero-order chi connectivity index (χ0) is 14.9. The molecule has 1 aliphatic heterocycles. The van der Waals surface area contributed by atoms with Gasteiger partial charge in [0.1, 0.15) is 0 Å². The van der Waals surface area contributed by atoms with E-state index in [1.165, 1.54) is 0 Å². The SMILES string of the molecule is [CH2][C@@H]1C[C@H](CCO[Si](C)(C)C(C)(C)C)OC(C)(C)O1.[Cl-].[Zn]. The van der Waals surface area contributed by atoms with Crippen LogP contribution in [0.1, 0.15) is 47.5 Å². The van der Waals surface area contributed by atoms with Gasteiger partial charge in [0, 0.05) is 32.5 Å². The van der Waals surface area contributed by atoms with Gasteiger partial charge >= 0.3 is 0 Å². The van der Waals surface area contributed by atoms with E-state index in [2.05, 4.69) is 40.8 Å². The Hall–Kier alpha value is 1.01. The predicted molar refractivity (Wildman–Crippen MR) is 81.6 cm³/mol. The molecule has 0 spiro atoms. The fourth-order valence-electron chi connectivity index (χ4n) is 2.06. The van der Waals surface area contributed by atoms with Crippen molar-refractivity contribution in [3.63, 3.8) is 0 Å². The smallest absolute Gasteiger partial charge is 0.191 e. The maximum absolute atomic E-state index is 6.20. The number of ether oxygens (including phenoxy) is 2. The van der Waals surface area contributed by atoms with E-state index in [4.69, 9.17) is 13.9 Å². The Morgan fingerprint density at radius 2 is 1.76 bits per heavy atom. The van der Waals surface area contributed by atoms with Gasteiger partial charge in [0.2, 0.25) is 0 Å². The van der Waals surface area contributed by atoms with Gasteiger partial charge in [-0.3, -0.25) is 0 Å². The second kappa shape index (κ2) is 8.75. The van der Waals surface area contributed by atoms with E-state index in [1.807, 2.05) is 13.8 Å². The van der Waals surface area contributed by atoms with E-state index in [0.29, 0.717) is 0 Å². The van der Waals surface area contributed by atoms with Crippen molar-refractivity contribution >= 4 is 8.32 Å². The van der Waals surface area contributed by atoms with Gasteiger partial charge in [-0.2, -0.15) is 0 Å². The second-order valence-electron chi connectivity index (χ2n) is 7.51. The first kappa shape index (κ1) is 24.3. The molecule has 1 saturated heterocycles. The zero-order valence-electron chi connectivity index (χ0n) is 14.8. The summed E-state index contributed by atoms with van der Waals surface area (Å²) >= 11 is 0. The minimum absolute atomic E-state index is 0. The number of hydrogen-bond acceptors (Lipinski definition) is 3. The molecule has 1 rings (SSSR count). The molecule has 123 valence electrons. The van der Waals surface area contributed by atoms with E-state index >= 15 is 0 Å². The molecule has 0 bridgehead atoms. The Kier molecular flexibility index (Phi) is 10.1. The van der Waals surface area contributed by atoms with Crippen LogP contribution in [0.25, 0.3) is 0 Å². The van der Waals surface area contributed by atoms with Crippen molar-refractivity contribution in [3.8, 4) is 0 Å². The maximum Gasteiger partial charge on any atom is 0.191 e. The molecule has 0 aromatic rings. The number of hydrogen-bond donors (Lipinski definition) is 0. The van der Waals surface area contributed by atoms with Gasteiger partial charge in [-0.25, -0.2) is 0 Å². The van der Waals surface area contributed by atoms with Crippen molar-refractivity contribution in [2.75, 3.05) is 6.61 Å². The van der Waals surface area contributed by atoms with E-state index in [1.54, 1.807) is 0 Å². The van der Waals surface area contributed by atoms with Crippen LogP contribution in [0.5, 0.6) is 0 Å². The van der Waals surface area contributed by atoms with Crippen molar-refractivity contribution in [1.82, 2.24) is 0 Å². The van der Waals surface area contributed by atoms with Gasteiger partial charge in [-0.05, 0) is 45.3 Å². The van der Waals surface area contributed by atoms with Crippen LogP contribution in [0, 0.1) is 6.92 Å². The third-order valence-electron chi connectivity index (χ3n) is 4.14. The summed E-state index contributed by atoms with van der Waals surface area (Å²) in [5.74, 6) is -0.522. The molecular formula is C15H31ClO3SiZn-. The summed E-state index contributed by atoms with van der Waals surface area (Å²) in [4.78, 5) is 0. The molecule has 21 heavy (non-hydrogen) atoms. The molecule has 0 aliphatic carbocycles. The molecule has 1 aliphatic rings. The molecular weight excluding hydrogens is 357 g/mol. The topological polar surface area (TPSA) is 27.7 Å². The summed E-state index contributed by atoms with van der Waals surface area (Å²) in [7, 11) is -1.64. The summed E-state index contributed by atoms with van der Waals surface area (Å²) in [5.41, 5.74) is 0. The Labute approximate surface area is 151 Å². The van der Waals surface area contributed by atoms with Crippen molar-refractivity contribution in [3.05, 3.63) is 6.92 Å². The summed E-state index contributed by atoms with van der Waals surface area (Å²) < 4.78 is 17.8. The molecule has 6 heteroatoms. The molecule has 3 nitrogen and oxygen atoms in total. The van der Waals surface area contributed by atoms with Crippen LogP contribution in [0.15, 0.2) is 0 Å². The van der Waals surface area contributed by atoms with Gasteiger partial charge in [-0.1, -0.05) is 20.8 Å². The first-order valence-corrected chi connectivity index (χ1v) is 10.2. The Balaban J connectivity index is 0. The number of halogens is 1. The largest absolute Gasteiger partial charge is 1.00 e. The van der Waals surface area contributed by atoms with E-state index in [-0.39, 0.29) is 49.1 Å². The second-order valence-corrected chi connectivity index (χ2v) is 12.3. The molecule has 0 unspecified atom stereocenters. The minimum atomic E-state index is -1.64. The summed E-state index contributed by atoms with van der Waals surface area (Å²) in [6.07, 6.45) is 1.98. The van der Waals surface area contributed by atoms with Gasteiger partial charge in [-0.15, -0.1) is 0 Å². The van der Waals surface area contributed by atoms with Crippen LogP contribution in [-0.4, -0.2) is 32.9 Å². The molecule has 0 saturated carbocycles. The van der Waals surface area contributed by atoms with Crippen LogP contribution >= 0.6 is 0 Å². The summed E-state index contributed by atoms with van der Waals surface area (Å²) in [5, 5.41) is 0.262. The molecule has 0 aromatic carbocycles. The molecule has 2 atom stereocenters. The van der Waals surface area contributed by atoms with Crippen LogP contribution in [0.4, 0.5) is 0 Å². The van der Waals surface area contributed by atoms with E-state index in [9.17, 15) is 0 Å². The van der Waals surface area contributed by atoms with Gasteiger partial charge in [0.05, 0.1) is 12.2 Å². The van der Waals surface area contributed by atoms with E-state index < -0.39 is 14.1 Å². The molecule has 1 heterocycles. The van der Waals surface area contributed by atoms with Crippen LogP contribution < -0.4 is 12.4 Å². The molecule has 0 amide bonds. The Morgan fingerprint density at radius 1 is 1.24 bits per heavy atom. The normalized spacial score (nSPS) is 25.7. The third-order valence-corrected chi connectivity index (χ3v) is 8.67. The van der Waals surface area contributed by atoms with E-state index in [0.717, 1.165) is 19.4 Å². The third kappa shape index (κ3) is 7.90. The Morgan fingerprint density at radius 3 is 2.19 bits per heavy atom. The number of rotatable bonds is 4. The van der Waals surface area contributed by atoms with Crippen molar-refractivity contribution < 1.29 is 45.8 Å². The van der Waals surface area contributed by atoms with Crippen molar-refractivity contribution in [2.45, 2.75) is 83.6 Å². The van der Waals surface area contributed by atoms with Crippen LogP contribution in [0.2, 0.25) is 18.1 Å². The summed E-state index contributed by atoms with van der Waals surface area (Å²) in [6.45, 7) is 20.0. The van der Waals surface area contributed by atoms with Crippen LogP contribution in [0.3, 0.4) is 0 Å². The fourth-order valence-corrected chi connectivity index (χ4v) is 3.12. The van der Waals surface area contributed by atoms with Gasteiger partial charge in [0.25, 0.3) is 0 Å². The Bertz CT molecular complexity index is 306. The average molecular weight is 388 g/mol. The molecule has 1 fully saturated rings. The van der Waals surface area contributed by atoms with Crippen LogP contribution in [-0.2, 0) is 33.4 Å². The maximum atomic E-state index is 6.20. The van der Waals surface area contributed by atoms with Crippen molar-refractivity contribution in [1.29, 1.82) is 0 Å². The quantitative estimate of drug-likeness (QED) is 0.677. The standard InChI is InChI=1S/C15H31O3Si.ClH.Zn/c1-12-11-13(18-15(5,6)17-12)9-10-16-19(7,8)14(2,3)4;;/h12-13H,1,9-11H2,2-8H3;1H;/p-1/t12-,13+;;/m1../s1. The molecule has 0 aromatic heterocycles. The monoisotopic (exact) mass is 386 g/mol. The molecule has 0 N–H and O–H groups in total. The first-order chi connectivity index (χ1) is 8.43. The van der Waals surface area contributed by atoms with Gasteiger partial charge < -0.3 is 26.3 Å².